The molecule has 0 atom stereocenters. The number of aromatic nitrogens is 4. The average molecular weight is 725 g/mol. The van der Waals surface area contributed by atoms with Gasteiger partial charge in [-0.15, -0.1) is 0 Å². The van der Waals surface area contributed by atoms with E-state index < -0.39 is 0 Å². The number of hydrogen-bond donors (Lipinski definition) is 0. The highest BCUT2D eigenvalue weighted by Crippen LogP contribution is 2.61. The first-order chi connectivity index (χ1) is 27.7. The van der Waals surface area contributed by atoms with Crippen molar-refractivity contribution in [2.24, 2.45) is 17.8 Å². The van der Waals surface area contributed by atoms with E-state index in [9.17, 15) is 0 Å². The topological polar surface area (TPSA) is 56.7 Å². The Morgan fingerprint density at radius 3 is 1.86 bits per heavy atom. The number of hydrogen-bond acceptors (Lipinski definition) is 4. The van der Waals surface area contributed by atoms with E-state index in [1.807, 2.05) is 36.4 Å². The number of rotatable bonds is 6. The molecule has 4 fully saturated rings. The van der Waals surface area contributed by atoms with Crippen LogP contribution in [0.1, 0.15) is 44.1 Å². The van der Waals surface area contributed by atoms with Crippen LogP contribution < -0.4 is 0 Å². The summed E-state index contributed by atoms with van der Waals surface area (Å²) in [6.07, 6.45) is 10.0. The fourth-order valence-electron chi connectivity index (χ4n) is 11.3. The van der Waals surface area contributed by atoms with Crippen molar-refractivity contribution in [3.05, 3.63) is 158 Å². The molecule has 3 aromatic heterocycles. The lowest BCUT2D eigenvalue weighted by Gasteiger charge is -2.57. The molecule has 5 nitrogen and oxygen atoms in total. The van der Waals surface area contributed by atoms with Gasteiger partial charge in [-0.3, -0.25) is 0 Å². The van der Waals surface area contributed by atoms with Crippen LogP contribution in [0.25, 0.3) is 83.6 Å². The largest absolute Gasteiger partial charge is 0.443 e. The minimum atomic E-state index is 0.332. The van der Waals surface area contributed by atoms with Gasteiger partial charge in [-0.05, 0) is 115 Å². The molecule has 56 heavy (non-hydrogen) atoms. The standard InChI is InChI=1S/C51H40N4O/c1-4-10-35(11-5-1)44-27-45(54-50(53-44)36-12-6-2-7-13-36)43-21-20-40(49-48(43)52-31-56-49)37-16-18-41-42-19-17-38(51-28-32-22-33(29-51)24-34(23-32)30-51)26-47(42)55(46(41)25-37)39-14-8-3-9-15-39/h1-21,25-27,31-34H,22-24,28-30H2. The van der Waals surface area contributed by atoms with Crippen molar-refractivity contribution in [3.63, 3.8) is 0 Å². The molecule has 9 aromatic rings. The minimum Gasteiger partial charge on any atom is -0.443 e. The molecule has 4 saturated carbocycles. The van der Waals surface area contributed by atoms with E-state index in [2.05, 4.69) is 114 Å². The van der Waals surface area contributed by atoms with Crippen molar-refractivity contribution in [3.8, 4) is 50.7 Å². The average Bonchev–Trinajstić information content (AvgIpc) is 3.87. The van der Waals surface area contributed by atoms with Gasteiger partial charge in [0.15, 0.2) is 17.8 Å². The zero-order valence-corrected chi connectivity index (χ0v) is 31.1. The second-order valence-corrected chi connectivity index (χ2v) is 16.7. The molecule has 270 valence electrons. The molecule has 0 spiro atoms. The maximum atomic E-state index is 6.25. The molecule has 4 bridgehead atoms. The maximum absolute atomic E-state index is 6.25. The van der Waals surface area contributed by atoms with Crippen molar-refractivity contribution in [1.29, 1.82) is 0 Å². The SMILES string of the molecule is c1ccc(-c2cc(-c3ccc(-c4ccc5c6ccc(C78CC9CC(CC(C9)C7)C8)cc6n(-c6ccccc6)c5c4)c4ocnc34)nc(-c3ccccc3)n2)cc1. The van der Waals surface area contributed by atoms with Crippen LogP contribution in [0.5, 0.6) is 0 Å². The smallest absolute Gasteiger partial charge is 0.182 e. The summed E-state index contributed by atoms with van der Waals surface area (Å²) in [5, 5.41) is 2.56. The lowest BCUT2D eigenvalue weighted by molar-refractivity contribution is -0.00513. The zero-order chi connectivity index (χ0) is 36.8. The number of fused-ring (bicyclic) bond motifs is 4. The molecule has 0 saturated heterocycles. The normalized spacial score (nSPS) is 21.4. The molecule has 5 heteroatoms. The zero-order valence-electron chi connectivity index (χ0n) is 31.1. The molecular formula is C51H40N4O. The van der Waals surface area contributed by atoms with Crippen LogP contribution in [0.2, 0.25) is 0 Å². The predicted octanol–water partition coefficient (Wildman–Crippen LogP) is 12.9. The second kappa shape index (κ2) is 12.3. The summed E-state index contributed by atoms with van der Waals surface area (Å²) >= 11 is 0. The van der Waals surface area contributed by atoms with Crippen molar-refractivity contribution >= 4 is 32.9 Å². The van der Waals surface area contributed by atoms with Gasteiger partial charge in [0, 0.05) is 38.7 Å². The van der Waals surface area contributed by atoms with Crippen molar-refractivity contribution in [1.82, 2.24) is 19.5 Å². The molecule has 0 aliphatic heterocycles. The number of oxazole rings is 1. The first-order valence-electron chi connectivity index (χ1n) is 20.2. The van der Waals surface area contributed by atoms with Crippen LogP contribution in [0.3, 0.4) is 0 Å². The highest BCUT2D eigenvalue weighted by Gasteiger charge is 2.51. The van der Waals surface area contributed by atoms with Gasteiger partial charge in [-0.2, -0.15) is 0 Å². The summed E-state index contributed by atoms with van der Waals surface area (Å²) < 4.78 is 8.74. The van der Waals surface area contributed by atoms with Crippen molar-refractivity contribution in [2.75, 3.05) is 0 Å². The fourth-order valence-corrected chi connectivity index (χ4v) is 11.3. The van der Waals surface area contributed by atoms with Crippen LogP contribution in [-0.2, 0) is 5.41 Å². The van der Waals surface area contributed by atoms with E-state index in [0.717, 1.165) is 68.1 Å². The van der Waals surface area contributed by atoms with E-state index in [4.69, 9.17) is 19.4 Å². The Kier molecular flexibility index (Phi) is 7.04. The third-order valence-electron chi connectivity index (χ3n) is 13.3. The van der Waals surface area contributed by atoms with Gasteiger partial charge < -0.3 is 8.98 Å². The third-order valence-corrected chi connectivity index (χ3v) is 13.3. The summed E-state index contributed by atoms with van der Waals surface area (Å²) in [6, 6.07) is 52.0. The molecule has 3 heterocycles. The Morgan fingerprint density at radius 2 is 1.14 bits per heavy atom. The van der Waals surface area contributed by atoms with Crippen LogP contribution in [0.4, 0.5) is 0 Å². The second-order valence-electron chi connectivity index (χ2n) is 16.7. The number of para-hydroxylation sites is 1. The maximum Gasteiger partial charge on any atom is 0.182 e. The van der Waals surface area contributed by atoms with Gasteiger partial charge in [0.25, 0.3) is 0 Å². The Morgan fingerprint density at radius 1 is 0.536 bits per heavy atom. The van der Waals surface area contributed by atoms with Crippen LogP contribution in [-0.4, -0.2) is 19.5 Å². The molecular weight excluding hydrogens is 685 g/mol. The van der Waals surface area contributed by atoms with Crippen LogP contribution >= 0.6 is 0 Å². The summed E-state index contributed by atoms with van der Waals surface area (Å²) in [4.78, 5) is 14.9. The highest BCUT2D eigenvalue weighted by atomic mass is 16.3. The Labute approximate surface area is 325 Å². The Hall–Kier alpha value is -6.33. The third kappa shape index (κ3) is 5.03. The Bertz CT molecular complexity index is 2850. The van der Waals surface area contributed by atoms with Crippen molar-refractivity contribution in [2.45, 2.75) is 43.9 Å². The van der Waals surface area contributed by atoms with Gasteiger partial charge in [-0.25, -0.2) is 15.0 Å². The Balaban J connectivity index is 1.01. The summed E-state index contributed by atoms with van der Waals surface area (Å²) in [6.45, 7) is 0. The van der Waals surface area contributed by atoms with Gasteiger partial charge in [0.05, 0.1) is 22.4 Å². The summed E-state index contributed by atoms with van der Waals surface area (Å²) in [5.41, 5.74) is 13.7. The van der Waals surface area contributed by atoms with Gasteiger partial charge >= 0.3 is 0 Å². The molecule has 4 aliphatic rings. The van der Waals surface area contributed by atoms with E-state index in [1.54, 1.807) is 12.0 Å². The van der Waals surface area contributed by atoms with Crippen molar-refractivity contribution < 1.29 is 4.42 Å². The van der Waals surface area contributed by atoms with E-state index >= 15 is 0 Å². The fraction of sp³-hybridized carbons (Fsp3) is 0.196. The summed E-state index contributed by atoms with van der Waals surface area (Å²) in [5.74, 6) is 3.40. The van der Waals surface area contributed by atoms with Gasteiger partial charge in [0.2, 0.25) is 0 Å². The lowest BCUT2D eigenvalue weighted by atomic mass is 9.48. The first-order valence-corrected chi connectivity index (χ1v) is 20.2. The van der Waals surface area contributed by atoms with Crippen LogP contribution in [0, 0.1) is 17.8 Å². The molecule has 0 unspecified atom stereocenters. The van der Waals surface area contributed by atoms with Crippen LogP contribution in [0.15, 0.2) is 156 Å². The minimum absolute atomic E-state index is 0.332. The monoisotopic (exact) mass is 724 g/mol. The molecule has 4 aliphatic carbocycles. The first kappa shape index (κ1) is 32.0. The highest BCUT2D eigenvalue weighted by molar-refractivity contribution is 6.11. The van der Waals surface area contributed by atoms with E-state index in [-0.39, 0.29) is 0 Å². The molecule has 0 N–H and O–H groups in total. The van der Waals surface area contributed by atoms with E-state index in [0.29, 0.717) is 11.2 Å². The quantitative estimate of drug-likeness (QED) is 0.171. The molecule has 0 radical (unpaired) electrons. The molecule has 13 rings (SSSR count). The predicted molar refractivity (Wildman–Crippen MR) is 226 cm³/mol. The van der Waals surface area contributed by atoms with Gasteiger partial charge in [0.1, 0.15) is 5.52 Å². The van der Waals surface area contributed by atoms with Gasteiger partial charge in [-0.1, -0.05) is 103 Å². The van der Waals surface area contributed by atoms with E-state index in [1.165, 1.54) is 66.0 Å². The lowest BCUT2D eigenvalue weighted by Crippen LogP contribution is -2.48. The number of benzene rings is 6. The molecule has 0 amide bonds. The molecule has 6 aromatic carbocycles. The summed E-state index contributed by atoms with van der Waals surface area (Å²) in [7, 11) is 0. The number of nitrogens with zero attached hydrogens (tertiary/aromatic N) is 4.